The monoisotopic (exact) mass is 496 g/mol. The van der Waals surface area contributed by atoms with E-state index in [1.165, 1.54) is 21.6 Å². The molecular weight excluding hydrogens is 468 g/mol. The van der Waals surface area contributed by atoms with E-state index in [9.17, 15) is 13.2 Å². The summed E-state index contributed by atoms with van der Waals surface area (Å²) in [6.45, 7) is 7.07. The second-order valence-electron chi connectivity index (χ2n) is 7.77. The topological polar surface area (TPSA) is 128 Å². The quantitative estimate of drug-likeness (QED) is 0.357. The van der Waals surface area contributed by atoms with Crippen LogP contribution >= 0.6 is 0 Å². The van der Waals surface area contributed by atoms with Crippen molar-refractivity contribution in [2.75, 3.05) is 18.4 Å². The van der Waals surface area contributed by atoms with Crippen molar-refractivity contribution in [3.63, 3.8) is 0 Å². The van der Waals surface area contributed by atoms with E-state index in [1.807, 2.05) is 25.3 Å². The molecular formula is C23H28N8O3S. The van der Waals surface area contributed by atoms with Gasteiger partial charge in [0.25, 0.3) is 0 Å². The van der Waals surface area contributed by atoms with Crippen molar-refractivity contribution in [1.29, 1.82) is 0 Å². The maximum Gasteiger partial charge on any atom is 0.243 e. The van der Waals surface area contributed by atoms with Crippen molar-refractivity contribution in [1.82, 2.24) is 33.6 Å². The predicted octanol–water partition coefficient (Wildman–Crippen LogP) is 2.63. The Morgan fingerprint density at radius 1 is 1.14 bits per heavy atom. The van der Waals surface area contributed by atoms with Crippen LogP contribution < -0.4 is 5.32 Å². The molecule has 0 aliphatic carbocycles. The Morgan fingerprint density at radius 2 is 1.94 bits per heavy atom. The molecule has 0 saturated carbocycles. The lowest BCUT2D eigenvalue weighted by molar-refractivity contribution is -0.116. The zero-order valence-corrected chi connectivity index (χ0v) is 20.7. The fraction of sp³-hybridized carbons (Fsp3) is 0.348. The second-order valence-corrected chi connectivity index (χ2v) is 9.71. The smallest absolute Gasteiger partial charge is 0.243 e. The number of sulfonamides is 1. The molecule has 3 aromatic heterocycles. The highest BCUT2D eigenvalue weighted by molar-refractivity contribution is 7.89. The first-order valence-electron chi connectivity index (χ1n) is 11.5. The Morgan fingerprint density at radius 3 is 2.63 bits per heavy atom. The number of fused-ring (bicyclic) bond motifs is 1. The van der Waals surface area contributed by atoms with Gasteiger partial charge in [0.05, 0.1) is 21.6 Å². The molecule has 184 valence electrons. The third-order valence-corrected chi connectivity index (χ3v) is 7.78. The summed E-state index contributed by atoms with van der Waals surface area (Å²) in [5.41, 5.74) is 1.96. The Kier molecular flexibility index (Phi) is 7.22. The van der Waals surface area contributed by atoms with E-state index in [0.29, 0.717) is 43.1 Å². The van der Waals surface area contributed by atoms with Crippen LogP contribution in [0.1, 0.15) is 33.0 Å². The minimum absolute atomic E-state index is 0.194. The number of benzene rings is 1. The summed E-state index contributed by atoms with van der Waals surface area (Å²) in [6.07, 6.45) is 5.11. The van der Waals surface area contributed by atoms with Crippen molar-refractivity contribution >= 4 is 32.7 Å². The summed E-state index contributed by atoms with van der Waals surface area (Å²) in [5, 5.41) is 6.96. The van der Waals surface area contributed by atoms with E-state index in [4.69, 9.17) is 0 Å². The second kappa shape index (κ2) is 10.3. The Balaban J connectivity index is 1.53. The molecule has 12 heteroatoms. The molecule has 0 saturated heterocycles. The zero-order valence-electron chi connectivity index (χ0n) is 19.9. The lowest BCUT2D eigenvalue weighted by Gasteiger charge is -2.18. The van der Waals surface area contributed by atoms with Crippen molar-refractivity contribution in [2.24, 2.45) is 0 Å². The van der Waals surface area contributed by atoms with Crippen LogP contribution in [0.2, 0.25) is 0 Å². The van der Waals surface area contributed by atoms with Crippen LogP contribution in [0.25, 0.3) is 16.9 Å². The first-order valence-corrected chi connectivity index (χ1v) is 12.9. The molecule has 0 atom stereocenters. The van der Waals surface area contributed by atoms with Gasteiger partial charge < -0.3 is 9.88 Å². The highest BCUT2D eigenvalue weighted by Gasteiger charge is 2.23. The van der Waals surface area contributed by atoms with Crippen LogP contribution in [-0.2, 0) is 27.8 Å². The summed E-state index contributed by atoms with van der Waals surface area (Å²) in [4.78, 5) is 25.8. The molecule has 35 heavy (non-hydrogen) atoms. The van der Waals surface area contributed by atoms with Gasteiger partial charge in [-0.1, -0.05) is 13.8 Å². The number of nitrogens with zero attached hydrogens (tertiary/aromatic N) is 7. The van der Waals surface area contributed by atoms with Crippen LogP contribution in [-0.4, -0.2) is 61.0 Å². The number of hydrogen-bond acceptors (Lipinski definition) is 7. The number of nitrogens with one attached hydrogen (secondary N) is 1. The van der Waals surface area contributed by atoms with E-state index in [1.54, 1.807) is 36.5 Å². The van der Waals surface area contributed by atoms with Crippen LogP contribution in [0.5, 0.6) is 0 Å². The van der Waals surface area contributed by atoms with Gasteiger partial charge in [0.15, 0.2) is 5.82 Å². The van der Waals surface area contributed by atoms with Crippen LogP contribution in [0.15, 0.2) is 54.1 Å². The van der Waals surface area contributed by atoms with Crippen molar-refractivity contribution in [2.45, 2.75) is 45.1 Å². The number of rotatable bonds is 10. The normalized spacial score (nSPS) is 11.9. The molecule has 4 aromatic rings. The van der Waals surface area contributed by atoms with Gasteiger partial charge in [-0.05, 0) is 37.3 Å². The summed E-state index contributed by atoms with van der Waals surface area (Å²) in [5.74, 6) is 0.998. The number of pyridine rings is 1. The first kappa shape index (κ1) is 24.5. The zero-order chi connectivity index (χ0) is 25.0. The van der Waals surface area contributed by atoms with Crippen LogP contribution in [0.4, 0.5) is 5.69 Å². The molecule has 1 amide bonds. The van der Waals surface area contributed by atoms with Gasteiger partial charge in [0, 0.05) is 38.7 Å². The molecule has 0 fully saturated rings. The lowest BCUT2D eigenvalue weighted by atomic mass is 10.2. The number of imidazole rings is 1. The van der Waals surface area contributed by atoms with E-state index < -0.39 is 10.0 Å². The molecule has 0 radical (unpaired) electrons. The Bertz CT molecular complexity index is 1430. The molecule has 0 spiro atoms. The summed E-state index contributed by atoms with van der Waals surface area (Å²) >= 11 is 0. The Hall–Kier alpha value is -3.64. The largest absolute Gasteiger partial charge is 0.328 e. The number of carbonyl (C=O) groups excluding carboxylic acids is 1. The number of carbonyl (C=O) groups is 1. The van der Waals surface area contributed by atoms with Gasteiger partial charge in [-0.15, -0.1) is 0 Å². The number of anilines is 1. The third-order valence-electron chi connectivity index (χ3n) is 5.73. The van der Waals surface area contributed by atoms with Crippen molar-refractivity contribution in [3.05, 3.63) is 55.0 Å². The lowest BCUT2D eigenvalue weighted by Crippen LogP contribution is -2.30. The van der Waals surface area contributed by atoms with Gasteiger partial charge in [0.1, 0.15) is 18.5 Å². The van der Waals surface area contributed by atoms with Crippen molar-refractivity contribution in [3.8, 4) is 5.82 Å². The first-order chi connectivity index (χ1) is 16.9. The number of aryl methyl sites for hydroxylation is 2. The van der Waals surface area contributed by atoms with Gasteiger partial charge >= 0.3 is 0 Å². The molecule has 0 aliphatic heterocycles. The standard InChI is InChI=1S/C23H28N8O3S/c1-4-29(5-2)35(33,34)17-9-10-20-19(14-17)27-21(30(20)6-3)11-12-22(32)28-18-8-7-13-25-23(18)31-16-24-15-26-31/h7-10,13-16H,4-6,11-12H2,1-3H3,(H,28,32). The Labute approximate surface area is 203 Å². The van der Waals surface area contributed by atoms with E-state index in [-0.39, 0.29) is 17.2 Å². The average molecular weight is 497 g/mol. The molecule has 1 aromatic carbocycles. The fourth-order valence-corrected chi connectivity index (χ4v) is 5.49. The van der Waals surface area contributed by atoms with Crippen LogP contribution in [0, 0.1) is 0 Å². The fourth-order valence-electron chi connectivity index (χ4n) is 4.01. The van der Waals surface area contributed by atoms with Crippen LogP contribution in [0.3, 0.4) is 0 Å². The molecule has 0 aliphatic rings. The third kappa shape index (κ3) is 4.93. The SMILES string of the molecule is CCN(CC)S(=O)(=O)c1ccc2c(c1)nc(CCC(=O)Nc1cccnc1-n1cncn1)n2CC. The van der Waals surface area contributed by atoms with Gasteiger partial charge in [-0.25, -0.2) is 28.1 Å². The van der Waals surface area contributed by atoms with Gasteiger partial charge in [-0.3, -0.25) is 4.79 Å². The maximum atomic E-state index is 12.9. The van der Waals surface area contributed by atoms with E-state index in [2.05, 4.69) is 25.4 Å². The summed E-state index contributed by atoms with van der Waals surface area (Å²) < 4.78 is 30.8. The summed E-state index contributed by atoms with van der Waals surface area (Å²) in [7, 11) is -3.58. The molecule has 0 unspecified atom stereocenters. The van der Waals surface area contributed by atoms with Gasteiger partial charge in [-0.2, -0.15) is 9.40 Å². The number of amides is 1. The minimum atomic E-state index is -3.58. The minimum Gasteiger partial charge on any atom is -0.328 e. The molecule has 4 rings (SSSR count). The molecule has 3 heterocycles. The maximum absolute atomic E-state index is 12.9. The number of aromatic nitrogens is 6. The van der Waals surface area contributed by atoms with E-state index >= 15 is 0 Å². The molecule has 11 nitrogen and oxygen atoms in total. The van der Waals surface area contributed by atoms with E-state index in [0.717, 1.165) is 11.3 Å². The highest BCUT2D eigenvalue weighted by Crippen LogP contribution is 2.24. The number of hydrogen-bond donors (Lipinski definition) is 1. The summed E-state index contributed by atoms with van der Waals surface area (Å²) in [6, 6.07) is 8.50. The average Bonchev–Trinajstić information content (AvgIpc) is 3.51. The van der Waals surface area contributed by atoms with Gasteiger partial charge in [0.2, 0.25) is 15.9 Å². The predicted molar refractivity (Wildman–Crippen MR) is 132 cm³/mol. The van der Waals surface area contributed by atoms with Crippen molar-refractivity contribution < 1.29 is 13.2 Å². The molecule has 1 N–H and O–H groups in total. The molecule has 0 bridgehead atoms. The highest BCUT2D eigenvalue weighted by atomic mass is 32.2.